The number of hydrogen-bond acceptors (Lipinski definition) is 12. The Hall–Kier alpha value is -8.37. The van der Waals surface area contributed by atoms with Gasteiger partial charge < -0.3 is 46.5 Å². The molecular weight excluding hydrogens is 1080 g/mol. The minimum atomic E-state index is -4.10. The van der Waals surface area contributed by atoms with Crippen molar-refractivity contribution in [2.45, 2.75) is 85.3 Å². The molecule has 1 atom stereocenters. The first-order chi connectivity index (χ1) is 36.1. The number of aldehydes is 2. The maximum Gasteiger partial charge on any atom is 0.339 e. The van der Waals surface area contributed by atoms with Crippen LogP contribution in [0.15, 0.2) is 119 Å². The number of sulfonamides is 1. The zero-order valence-electron chi connectivity index (χ0n) is 43.1. The number of aromatic carboxylic acids is 4. The Morgan fingerprint density at radius 1 is 0.597 bits per heavy atom. The van der Waals surface area contributed by atoms with Gasteiger partial charge in [0, 0.05) is 28.7 Å². The minimum absolute atomic E-state index is 0.149. The van der Waals surface area contributed by atoms with Crippen LogP contribution >= 0.6 is 15.9 Å². The van der Waals surface area contributed by atoms with Gasteiger partial charge in [0.15, 0.2) is 0 Å². The van der Waals surface area contributed by atoms with Crippen molar-refractivity contribution in [1.82, 2.24) is 10.0 Å². The lowest BCUT2D eigenvalue weighted by Gasteiger charge is -2.13. The Morgan fingerprint density at radius 2 is 1.09 bits per heavy atom. The molecule has 0 aliphatic carbocycles. The summed E-state index contributed by atoms with van der Waals surface area (Å²) in [6.07, 6.45) is 1.42. The van der Waals surface area contributed by atoms with Gasteiger partial charge in [0.1, 0.15) is 23.9 Å². The predicted molar refractivity (Wildman–Crippen MR) is 291 cm³/mol. The summed E-state index contributed by atoms with van der Waals surface area (Å²) in [6, 6.07) is 26.9. The number of carboxylic acids is 5. The summed E-state index contributed by atoms with van der Waals surface area (Å²) in [4.78, 5) is 86.4. The highest BCUT2D eigenvalue weighted by Gasteiger charge is 2.20. The lowest BCUT2D eigenvalue weighted by Crippen LogP contribution is -2.37. The van der Waals surface area contributed by atoms with E-state index in [2.05, 4.69) is 64.9 Å². The summed E-state index contributed by atoms with van der Waals surface area (Å²) in [6.45, 7) is 13.8. The molecular formula is C56H60BrN3O16S. The SMILES string of the molecule is CCc1ccc(C(=O)O)cc1C.Cc1cc(C(=O)N[C@H](C=O)CC(=O)O)ccc1CNS(=O)(=O)c1ccc(O)c(C(=O)O)c1.Cc1cc(C(=O)O)ccc1Br.Cc1cc(C(=O)O)ccc1C=O.Cc1ccc(CN)c(C)c1. The molecule has 77 heavy (non-hydrogen) atoms. The molecule has 19 nitrogen and oxygen atoms in total. The molecule has 1 amide bonds. The van der Waals surface area contributed by atoms with Crippen molar-refractivity contribution in [3.8, 4) is 5.75 Å². The van der Waals surface area contributed by atoms with Crippen LogP contribution in [0, 0.1) is 41.5 Å². The van der Waals surface area contributed by atoms with Gasteiger partial charge >= 0.3 is 29.8 Å². The van der Waals surface area contributed by atoms with Crippen molar-refractivity contribution in [3.05, 3.63) is 197 Å². The lowest BCUT2D eigenvalue weighted by molar-refractivity contribution is -0.138. The van der Waals surface area contributed by atoms with E-state index in [1.807, 2.05) is 19.9 Å². The molecule has 6 rings (SSSR count). The number of aryl methyl sites for hydroxylation is 7. The van der Waals surface area contributed by atoms with Gasteiger partial charge in [0.2, 0.25) is 10.0 Å². The first kappa shape index (κ1) is 64.7. The Kier molecular flexibility index (Phi) is 26.0. The highest BCUT2D eigenvalue weighted by atomic mass is 79.9. The number of carboxylic acid groups (broad SMARTS) is 5. The number of amides is 1. The number of nitrogens with one attached hydrogen (secondary N) is 2. The summed E-state index contributed by atoms with van der Waals surface area (Å²) in [5.74, 6) is -6.68. The van der Waals surface area contributed by atoms with Crippen molar-refractivity contribution in [1.29, 1.82) is 0 Å². The Bertz CT molecular complexity index is 3250. The van der Waals surface area contributed by atoms with E-state index in [0.29, 0.717) is 52.5 Å². The molecule has 0 aliphatic rings. The van der Waals surface area contributed by atoms with Gasteiger partial charge in [0.25, 0.3) is 5.91 Å². The van der Waals surface area contributed by atoms with Crippen LogP contribution in [0.5, 0.6) is 5.75 Å². The van der Waals surface area contributed by atoms with Crippen molar-refractivity contribution < 1.29 is 77.4 Å². The van der Waals surface area contributed by atoms with Crippen LogP contribution in [0.3, 0.4) is 0 Å². The molecule has 0 fully saturated rings. The standard InChI is InChI=1S/C20H20N2O9S.C10H12O2.C9H13N.C9H8O3.C8H7BrO2/c1-11-6-12(19(27)22-14(10-23)7-18(25)26)2-3-13(11)9-21-32(30,31)15-4-5-17(24)16(8-15)20(28)29;1-3-8-4-5-9(10(11)12)6-7(8)2;1-7-3-4-9(6-10)8(2)5-7;1-6-4-7(9(11)12)2-3-8(6)5-10;1-5-4-6(8(10)11)2-3-7(5)9/h2-6,8,10,14,21,24H,7,9H2,1H3,(H,22,27)(H,25,26)(H,28,29);4-6H,3H2,1-2H3,(H,11,12);3-5H,6,10H2,1-2H3;2-5H,1H3,(H,11,12);2-4H,1H3,(H,10,11)/t14-;;;;/m0..../s1. The van der Waals surface area contributed by atoms with Crippen LogP contribution in [0.1, 0.15) is 126 Å². The number of phenols is 1. The molecule has 0 aromatic heterocycles. The van der Waals surface area contributed by atoms with Crippen LogP contribution in [0.2, 0.25) is 0 Å². The molecule has 0 radical (unpaired) electrons. The van der Waals surface area contributed by atoms with Crippen LogP contribution in [0.25, 0.3) is 0 Å². The fraction of sp³-hybridized carbons (Fsp3) is 0.214. The third-order valence-electron chi connectivity index (χ3n) is 11.2. The molecule has 408 valence electrons. The van der Waals surface area contributed by atoms with Crippen LogP contribution in [-0.4, -0.2) is 93.4 Å². The zero-order chi connectivity index (χ0) is 58.3. The number of benzene rings is 6. The number of hydrogen-bond donors (Lipinski definition) is 9. The molecule has 0 spiro atoms. The molecule has 6 aromatic rings. The maximum absolute atomic E-state index is 12.5. The highest BCUT2D eigenvalue weighted by molar-refractivity contribution is 9.10. The predicted octanol–water partition coefficient (Wildman–Crippen LogP) is 8.63. The summed E-state index contributed by atoms with van der Waals surface area (Å²) in [7, 11) is -4.10. The number of carbonyl (C=O) groups excluding carboxylic acids is 3. The van der Waals surface area contributed by atoms with E-state index in [1.165, 1.54) is 58.7 Å². The maximum atomic E-state index is 12.5. The molecule has 6 aromatic carbocycles. The lowest BCUT2D eigenvalue weighted by atomic mass is 10.0. The van der Waals surface area contributed by atoms with E-state index in [9.17, 15) is 51.9 Å². The minimum Gasteiger partial charge on any atom is -0.507 e. The number of aliphatic carboxylic acids is 1. The van der Waals surface area contributed by atoms with Crippen LogP contribution in [-0.2, 0) is 39.1 Å². The van der Waals surface area contributed by atoms with E-state index in [-0.39, 0.29) is 22.6 Å². The van der Waals surface area contributed by atoms with Gasteiger partial charge in [-0.25, -0.2) is 32.3 Å². The van der Waals surface area contributed by atoms with Crippen molar-refractivity contribution in [2.24, 2.45) is 5.73 Å². The third-order valence-corrected chi connectivity index (χ3v) is 13.5. The van der Waals surface area contributed by atoms with Crippen molar-refractivity contribution in [2.75, 3.05) is 0 Å². The largest absolute Gasteiger partial charge is 0.507 e. The number of nitrogens with two attached hydrogens (primary N) is 1. The summed E-state index contributed by atoms with van der Waals surface area (Å²) in [5, 5.41) is 55.4. The fourth-order valence-corrected chi connectivity index (χ4v) is 8.02. The van der Waals surface area contributed by atoms with Gasteiger partial charge in [-0.15, -0.1) is 0 Å². The summed E-state index contributed by atoms with van der Waals surface area (Å²) >= 11 is 3.29. The number of aromatic hydroxyl groups is 1. The van der Waals surface area contributed by atoms with Gasteiger partial charge in [-0.1, -0.05) is 64.8 Å². The average molecular weight is 1140 g/mol. The van der Waals surface area contributed by atoms with E-state index < -0.39 is 69.6 Å². The molecule has 0 saturated carbocycles. The van der Waals surface area contributed by atoms with Gasteiger partial charge in [-0.3, -0.25) is 14.4 Å². The van der Waals surface area contributed by atoms with E-state index in [1.54, 1.807) is 44.2 Å². The van der Waals surface area contributed by atoms with E-state index >= 15 is 0 Å². The second-order valence-corrected chi connectivity index (χ2v) is 19.6. The van der Waals surface area contributed by atoms with Gasteiger partial charge in [-0.2, -0.15) is 0 Å². The topological polar surface area (TPSA) is 342 Å². The first-order valence-corrected chi connectivity index (χ1v) is 25.4. The second kappa shape index (κ2) is 30.9. The second-order valence-electron chi connectivity index (χ2n) is 17.0. The Labute approximate surface area is 453 Å². The quantitative estimate of drug-likeness (QED) is 0.0409. The number of halogens is 1. The van der Waals surface area contributed by atoms with Gasteiger partial charge in [0.05, 0.1) is 34.0 Å². The number of carbonyl (C=O) groups is 8. The van der Waals surface area contributed by atoms with E-state index in [4.69, 9.17) is 31.3 Å². The fourth-order valence-electron chi connectivity index (χ4n) is 6.74. The number of rotatable bonds is 16. The summed E-state index contributed by atoms with van der Waals surface area (Å²) in [5.41, 5.74) is 15.3. The zero-order valence-corrected chi connectivity index (χ0v) is 45.5. The first-order valence-electron chi connectivity index (χ1n) is 23.1. The molecule has 10 N–H and O–H groups in total. The molecule has 0 bridgehead atoms. The molecule has 0 unspecified atom stereocenters. The third kappa shape index (κ3) is 21.1. The smallest absolute Gasteiger partial charge is 0.339 e. The van der Waals surface area contributed by atoms with Crippen LogP contribution in [0.4, 0.5) is 0 Å². The monoisotopic (exact) mass is 1140 g/mol. The van der Waals surface area contributed by atoms with Gasteiger partial charge in [-0.05, 0) is 165 Å². The van der Waals surface area contributed by atoms with Crippen molar-refractivity contribution >= 4 is 74.3 Å². The Balaban J connectivity index is 0.000000369. The molecule has 0 aliphatic heterocycles. The molecule has 21 heteroatoms. The van der Waals surface area contributed by atoms with Crippen LogP contribution < -0.4 is 15.8 Å². The molecule has 0 saturated heterocycles. The highest BCUT2D eigenvalue weighted by Crippen LogP contribution is 2.22. The van der Waals surface area contributed by atoms with E-state index in [0.717, 1.165) is 40.2 Å². The molecule has 0 heterocycles. The normalized spacial score (nSPS) is 10.7. The summed E-state index contributed by atoms with van der Waals surface area (Å²) < 4.78 is 28.2. The average Bonchev–Trinajstić information content (AvgIpc) is 3.37. The van der Waals surface area contributed by atoms with Crippen molar-refractivity contribution in [3.63, 3.8) is 0 Å². The Morgan fingerprint density at radius 3 is 1.56 bits per heavy atom.